The van der Waals surface area contributed by atoms with Crippen molar-refractivity contribution in [1.29, 1.82) is 0 Å². The third kappa shape index (κ3) is 5.93. The maximum absolute atomic E-state index is 14.4. The predicted molar refractivity (Wildman–Crippen MR) is 88.5 cm³/mol. The number of ether oxygens (including phenoxy) is 2. The first-order chi connectivity index (χ1) is 11.0. The van der Waals surface area contributed by atoms with Gasteiger partial charge in [-0.05, 0) is 30.9 Å². The number of carboxylic acids is 1. The first-order valence-corrected chi connectivity index (χ1v) is 8.03. The van der Waals surface area contributed by atoms with Crippen molar-refractivity contribution in [1.82, 2.24) is 0 Å². The molecule has 0 saturated heterocycles. The van der Waals surface area contributed by atoms with E-state index in [-0.39, 0.29) is 6.42 Å². The Bertz CT molecular complexity index is 552. The van der Waals surface area contributed by atoms with Crippen LogP contribution in [0.1, 0.15) is 52.0 Å². The number of hydrogen-bond donors (Lipinski definition) is 1. The van der Waals surface area contributed by atoms with Crippen LogP contribution < -0.4 is 9.47 Å². The van der Waals surface area contributed by atoms with Crippen molar-refractivity contribution in [3.8, 4) is 11.5 Å². The lowest BCUT2D eigenvalue weighted by Gasteiger charge is -2.15. The molecule has 0 saturated carbocycles. The van der Waals surface area contributed by atoms with Crippen molar-refractivity contribution in [2.45, 2.75) is 46.5 Å². The second-order valence-corrected chi connectivity index (χ2v) is 5.16. The smallest absolute Gasteiger partial charge is 0.307 e. The maximum Gasteiger partial charge on any atom is 0.307 e. The summed E-state index contributed by atoms with van der Waals surface area (Å²) in [4.78, 5) is 10.7. The van der Waals surface area contributed by atoms with E-state index in [2.05, 4.69) is 0 Å². The van der Waals surface area contributed by atoms with Crippen LogP contribution in [-0.4, -0.2) is 24.3 Å². The third-order valence-corrected chi connectivity index (χ3v) is 3.21. The molecule has 1 aromatic rings. The molecule has 0 aromatic heterocycles. The minimum atomic E-state index is -0.943. The minimum Gasteiger partial charge on any atom is -0.490 e. The number of aliphatic carboxylic acids is 1. The predicted octanol–water partition coefficient (Wildman–Crippen LogP) is 4.67. The van der Waals surface area contributed by atoms with Crippen molar-refractivity contribution in [2.75, 3.05) is 13.2 Å². The fourth-order valence-electron chi connectivity index (χ4n) is 2.09. The molecule has 0 unspecified atom stereocenters. The van der Waals surface area contributed by atoms with E-state index in [1.165, 1.54) is 12.1 Å². The molecule has 1 N–H and O–H groups in total. The standard InChI is InChI=1S/C18H25FO4/c1-4-9-22-16-11-14(13(6-3)7-8-18(20)21)15(19)12-17(16)23-10-5-2/h7,11-12H,4-6,8-10H2,1-3H3,(H,20,21)/b13-7+. The molecule has 0 atom stereocenters. The van der Waals surface area contributed by atoms with Gasteiger partial charge in [0.15, 0.2) is 11.5 Å². The van der Waals surface area contributed by atoms with Crippen molar-refractivity contribution < 1.29 is 23.8 Å². The van der Waals surface area contributed by atoms with Crippen LogP contribution in [0.4, 0.5) is 4.39 Å². The molecule has 1 rings (SSSR count). The summed E-state index contributed by atoms with van der Waals surface area (Å²) in [5.74, 6) is -0.498. The lowest BCUT2D eigenvalue weighted by atomic mass is 10.0. The molecule has 0 fully saturated rings. The molecule has 1 aromatic carbocycles. The number of carboxylic acid groups (broad SMARTS) is 1. The van der Waals surface area contributed by atoms with Gasteiger partial charge in [-0.1, -0.05) is 26.8 Å². The van der Waals surface area contributed by atoms with Crippen molar-refractivity contribution >= 4 is 11.5 Å². The van der Waals surface area contributed by atoms with Crippen LogP contribution in [0, 0.1) is 5.82 Å². The lowest BCUT2D eigenvalue weighted by molar-refractivity contribution is -0.135. The van der Waals surface area contributed by atoms with Gasteiger partial charge in [0.1, 0.15) is 5.82 Å². The Morgan fingerprint density at radius 3 is 2.17 bits per heavy atom. The molecule has 0 aliphatic rings. The van der Waals surface area contributed by atoms with Gasteiger partial charge in [-0.15, -0.1) is 0 Å². The average Bonchev–Trinajstić information content (AvgIpc) is 2.53. The quantitative estimate of drug-likeness (QED) is 0.679. The zero-order valence-corrected chi connectivity index (χ0v) is 14.0. The van der Waals surface area contributed by atoms with Gasteiger partial charge >= 0.3 is 5.97 Å². The molecule has 4 nitrogen and oxygen atoms in total. The highest BCUT2D eigenvalue weighted by Gasteiger charge is 2.15. The first-order valence-electron chi connectivity index (χ1n) is 8.03. The van der Waals surface area contributed by atoms with Crippen LogP contribution in [0.5, 0.6) is 11.5 Å². The number of allylic oxidation sites excluding steroid dienone is 1. The Hall–Kier alpha value is -2.04. The maximum atomic E-state index is 14.4. The zero-order valence-electron chi connectivity index (χ0n) is 14.0. The van der Waals surface area contributed by atoms with Gasteiger partial charge in [0, 0.05) is 11.6 Å². The van der Waals surface area contributed by atoms with Gasteiger partial charge < -0.3 is 14.6 Å². The van der Waals surface area contributed by atoms with Crippen LogP contribution in [0.15, 0.2) is 18.2 Å². The third-order valence-electron chi connectivity index (χ3n) is 3.21. The topological polar surface area (TPSA) is 55.8 Å². The Morgan fingerprint density at radius 2 is 1.70 bits per heavy atom. The Labute approximate surface area is 136 Å². The molecule has 0 bridgehead atoms. The molecule has 0 radical (unpaired) electrons. The number of carbonyl (C=O) groups is 1. The molecule has 0 heterocycles. The van der Waals surface area contributed by atoms with E-state index in [0.717, 1.165) is 12.8 Å². The molecule has 128 valence electrons. The second kappa shape index (κ2) is 9.87. The molecule has 5 heteroatoms. The largest absolute Gasteiger partial charge is 0.490 e. The van der Waals surface area contributed by atoms with Crippen molar-refractivity contribution in [3.05, 3.63) is 29.6 Å². The molecule has 0 spiro atoms. The van der Waals surface area contributed by atoms with Crippen LogP contribution in [0.2, 0.25) is 0 Å². The highest BCUT2D eigenvalue weighted by atomic mass is 19.1. The molecule has 23 heavy (non-hydrogen) atoms. The number of hydrogen-bond acceptors (Lipinski definition) is 3. The van der Waals surface area contributed by atoms with Gasteiger partial charge in [-0.3, -0.25) is 4.79 Å². The fourth-order valence-corrected chi connectivity index (χ4v) is 2.09. The van der Waals surface area contributed by atoms with Gasteiger partial charge in [0.2, 0.25) is 0 Å². The number of rotatable bonds is 10. The van der Waals surface area contributed by atoms with Crippen LogP contribution >= 0.6 is 0 Å². The number of halogens is 1. The summed E-state index contributed by atoms with van der Waals surface area (Å²) in [6.07, 6.45) is 3.58. The lowest BCUT2D eigenvalue weighted by Crippen LogP contribution is -2.03. The van der Waals surface area contributed by atoms with Gasteiger partial charge in [0.25, 0.3) is 0 Å². The van der Waals surface area contributed by atoms with E-state index in [0.29, 0.717) is 42.3 Å². The van der Waals surface area contributed by atoms with E-state index in [1.54, 1.807) is 6.07 Å². The highest BCUT2D eigenvalue weighted by Crippen LogP contribution is 2.34. The number of benzene rings is 1. The van der Waals surface area contributed by atoms with Crippen LogP contribution in [0.25, 0.3) is 5.57 Å². The molecule has 0 aliphatic carbocycles. The van der Waals surface area contributed by atoms with Gasteiger partial charge in [-0.25, -0.2) is 4.39 Å². The summed E-state index contributed by atoms with van der Waals surface area (Å²) in [5.41, 5.74) is 1.01. The molecule has 0 aliphatic heterocycles. The first kappa shape index (κ1) is 19.0. The van der Waals surface area contributed by atoms with Crippen LogP contribution in [-0.2, 0) is 4.79 Å². The van der Waals surface area contributed by atoms with E-state index in [1.807, 2.05) is 20.8 Å². The van der Waals surface area contributed by atoms with Crippen molar-refractivity contribution in [2.24, 2.45) is 0 Å². The Kier molecular flexibility index (Phi) is 8.16. The van der Waals surface area contributed by atoms with E-state index in [9.17, 15) is 9.18 Å². The van der Waals surface area contributed by atoms with E-state index >= 15 is 0 Å². The molecule has 0 amide bonds. The summed E-state index contributed by atoms with van der Waals surface area (Å²) in [7, 11) is 0. The zero-order chi connectivity index (χ0) is 17.2. The summed E-state index contributed by atoms with van der Waals surface area (Å²) >= 11 is 0. The molecular formula is C18H25FO4. The van der Waals surface area contributed by atoms with Gasteiger partial charge in [-0.2, -0.15) is 0 Å². The van der Waals surface area contributed by atoms with E-state index < -0.39 is 11.8 Å². The van der Waals surface area contributed by atoms with Crippen molar-refractivity contribution in [3.63, 3.8) is 0 Å². The summed E-state index contributed by atoms with van der Waals surface area (Å²) in [6.45, 7) is 6.81. The van der Waals surface area contributed by atoms with Gasteiger partial charge in [0.05, 0.1) is 19.6 Å². The second-order valence-electron chi connectivity index (χ2n) is 5.16. The van der Waals surface area contributed by atoms with Crippen LogP contribution in [0.3, 0.4) is 0 Å². The summed E-state index contributed by atoms with van der Waals surface area (Å²) in [6, 6.07) is 2.92. The summed E-state index contributed by atoms with van der Waals surface area (Å²) in [5, 5.41) is 8.80. The average molecular weight is 324 g/mol. The normalized spacial score (nSPS) is 11.4. The fraction of sp³-hybridized carbons (Fsp3) is 0.500. The SMILES string of the molecule is CCCOc1cc(F)c(/C(=C/CC(=O)O)CC)cc1OCCC. The highest BCUT2D eigenvalue weighted by molar-refractivity contribution is 5.75. The van der Waals surface area contributed by atoms with E-state index in [4.69, 9.17) is 14.6 Å². The minimum absolute atomic E-state index is 0.137. The summed E-state index contributed by atoms with van der Waals surface area (Å²) < 4.78 is 25.6. The molecular weight excluding hydrogens is 299 g/mol. The monoisotopic (exact) mass is 324 g/mol. The Morgan fingerprint density at radius 1 is 1.13 bits per heavy atom. The Balaban J connectivity index is 3.20.